The molecule has 1 N–H and O–H groups in total. The highest BCUT2D eigenvalue weighted by Gasteiger charge is 2.29. The van der Waals surface area contributed by atoms with E-state index < -0.39 is 5.54 Å². The van der Waals surface area contributed by atoms with Gasteiger partial charge in [-0.25, -0.2) is 0 Å². The molecule has 0 aromatic heterocycles. The topological polar surface area (TPSA) is 48.3 Å². The third-order valence-electron chi connectivity index (χ3n) is 3.62. The summed E-state index contributed by atoms with van der Waals surface area (Å²) in [5, 5.41) is 12.7. The van der Waals surface area contributed by atoms with Gasteiger partial charge in [0.25, 0.3) is 0 Å². The van der Waals surface area contributed by atoms with E-state index in [9.17, 15) is 5.26 Å². The number of nitrogens with zero attached hydrogens (tertiary/aromatic N) is 2. The number of methoxy groups -OCH3 is 1. The predicted molar refractivity (Wildman–Crippen MR) is 78.0 cm³/mol. The van der Waals surface area contributed by atoms with E-state index in [4.69, 9.17) is 4.74 Å². The fourth-order valence-corrected chi connectivity index (χ4v) is 2.56. The Kier molecular flexibility index (Phi) is 6.78. The zero-order chi connectivity index (χ0) is 14.3. The molecule has 1 saturated carbocycles. The number of hydrogen-bond acceptors (Lipinski definition) is 4. The molecule has 1 aliphatic rings. The van der Waals surface area contributed by atoms with Gasteiger partial charge in [-0.1, -0.05) is 0 Å². The van der Waals surface area contributed by atoms with E-state index in [1.54, 1.807) is 7.11 Å². The van der Waals surface area contributed by atoms with Crippen molar-refractivity contribution in [2.75, 3.05) is 26.8 Å². The van der Waals surface area contributed by atoms with Gasteiger partial charge in [0.2, 0.25) is 0 Å². The lowest BCUT2D eigenvalue weighted by molar-refractivity contribution is 0.140. The summed E-state index contributed by atoms with van der Waals surface area (Å²) in [5.74, 6) is 0. The lowest BCUT2D eigenvalue weighted by Gasteiger charge is -2.28. The first-order valence-electron chi connectivity index (χ1n) is 7.42. The van der Waals surface area contributed by atoms with Crippen molar-refractivity contribution in [2.45, 2.75) is 64.1 Å². The molecule has 0 amide bonds. The van der Waals surface area contributed by atoms with Gasteiger partial charge in [-0.15, -0.1) is 0 Å². The average Bonchev–Trinajstić information content (AvgIpc) is 3.17. The molecular weight excluding hydrogens is 238 g/mol. The SMILES string of the molecule is COCCN(CCCC(C)(C#N)NC(C)C)C1CC1. The summed E-state index contributed by atoms with van der Waals surface area (Å²) in [6, 6.07) is 3.53. The lowest BCUT2D eigenvalue weighted by atomic mass is 9.96. The molecule has 0 radical (unpaired) electrons. The van der Waals surface area contributed by atoms with E-state index in [1.807, 2.05) is 6.92 Å². The number of hydrogen-bond donors (Lipinski definition) is 1. The molecule has 4 heteroatoms. The highest BCUT2D eigenvalue weighted by molar-refractivity contribution is 5.04. The second kappa shape index (κ2) is 7.84. The molecule has 4 nitrogen and oxygen atoms in total. The normalized spacial score (nSPS) is 18.6. The second-order valence-corrected chi connectivity index (χ2v) is 6.11. The first-order chi connectivity index (χ1) is 9.00. The molecule has 1 unspecified atom stereocenters. The first-order valence-corrected chi connectivity index (χ1v) is 7.42. The number of ether oxygens (including phenoxy) is 1. The number of nitrogens with one attached hydrogen (secondary N) is 1. The number of nitriles is 1. The highest BCUT2D eigenvalue weighted by atomic mass is 16.5. The molecule has 110 valence electrons. The summed E-state index contributed by atoms with van der Waals surface area (Å²) >= 11 is 0. The molecule has 0 spiro atoms. The van der Waals surface area contributed by atoms with Crippen molar-refractivity contribution >= 4 is 0 Å². The van der Waals surface area contributed by atoms with E-state index in [1.165, 1.54) is 12.8 Å². The molecule has 0 aromatic rings. The van der Waals surface area contributed by atoms with Gasteiger partial charge >= 0.3 is 0 Å². The van der Waals surface area contributed by atoms with Gasteiger partial charge in [0.1, 0.15) is 5.54 Å². The minimum absolute atomic E-state index is 0.345. The summed E-state index contributed by atoms with van der Waals surface area (Å²) < 4.78 is 5.16. The second-order valence-electron chi connectivity index (χ2n) is 6.11. The minimum atomic E-state index is -0.398. The standard InChI is InChI=1S/C15H29N3O/c1-13(2)17-15(3,12-16)8-5-9-18(10-11-19-4)14-6-7-14/h13-14,17H,5-11H2,1-4H3. The van der Waals surface area contributed by atoms with Crippen LogP contribution in [0.5, 0.6) is 0 Å². The summed E-state index contributed by atoms with van der Waals surface area (Å²) in [6.07, 6.45) is 4.61. The van der Waals surface area contributed by atoms with Gasteiger partial charge in [0, 0.05) is 25.7 Å². The van der Waals surface area contributed by atoms with Crippen molar-refractivity contribution in [1.29, 1.82) is 5.26 Å². The molecule has 1 atom stereocenters. The lowest BCUT2D eigenvalue weighted by Crippen LogP contribution is -2.45. The zero-order valence-corrected chi connectivity index (χ0v) is 12.9. The summed E-state index contributed by atoms with van der Waals surface area (Å²) in [7, 11) is 1.75. The van der Waals surface area contributed by atoms with Crippen molar-refractivity contribution < 1.29 is 4.74 Å². The van der Waals surface area contributed by atoms with Crippen LogP contribution in [0.3, 0.4) is 0 Å². The fraction of sp³-hybridized carbons (Fsp3) is 0.933. The van der Waals surface area contributed by atoms with Gasteiger partial charge in [-0.2, -0.15) is 5.26 Å². The summed E-state index contributed by atoms with van der Waals surface area (Å²) in [6.45, 7) is 9.07. The van der Waals surface area contributed by atoms with Gasteiger partial charge in [0.05, 0.1) is 12.7 Å². The maximum atomic E-state index is 9.32. The van der Waals surface area contributed by atoms with E-state index in [-0.39, 0.29) is 0 Å². The molecule has 0 aromatic carbocycles. The molecule has 0 heterocycles. The van der Waals surface area contributed by atoms with Crippen LogP contribution < -0.4 is 5.32 Å². The van der Waals surface area contributed by atoms with Gasteiger partial charge in [-0.3, -0.25) is 10.2 Å². The monoisotopic (exact) mass is 267 g/mol. The Bertz CT molecular complexity index is 296. The Balaban J connectivity index is 2.31. The first kappa shape index (κ1) is 16.4. The Labute approximate surface area is 118 Å². The predicted octanol–water partition coefficient (Wildman–Crippen LogP) is 2.16. The van der Waals surface area contributed by atoms with Crippen LogP contribution in [0.1, 0.15) is 46.5 Å². The summed E-state index contributed by atoms with van der Waals surface area (Å²) in [4.78, 5) is 2.51. The molecular formula is C15H29N3O. The smallest absolute Gasteiger partial charge is 0.104 e. The van der Waals surface area contributed by atoms with Crippen LogP contribution in [0.2, 0.25) is 0 Å². The molecule has 0 aliphatic heterocycles. The van der Waals surface area contributed by atoms with E-state index in [0.29, 0.717) is 6.04 Å². The third kappa shape index (κ3) is 6.38. The van der Waals surface area contributed by atoms with Crippen LogP contribution in [-0.4, -0.2) is 49.3 Å². The average molecular weight is 267 g/mol. The quantitative estimate of drug-likeness (QED) is 0.659. The van der Waals surface area contributed by atoms with Crippen molar-refractivity contribution in [1.82, 2.24) is 10.2 Å². The Hall–Kier alpha value is -0.630. The van der Waals surface area contributed by atoms with Crippen LogP contribution in [0, 0.1) is 11.3 Å². The Morgan fingerprint density at radius 1 is 1.42 bits per heavy atom. The van der Waals surface area contributed by atoms with Gasteiger partial charge < -0.3 is 4.74 Å². The third-order valence-corrected chi connectivity index (χ3v) is 3.62. The maximum Gasteiger partial charge on any atom is 0.104 e. The van der Waals surface area contributed by atoms with Crippen molar-refractivity contribution in [3.05, 3.63) is 0 Å². The van der Waals surface area contributed by atoms with Crippen LogP contribution >= 0.6 is 0 Å². The van der Waals surface area contributed by atoms with Crippen LogP contribution in [0.4, 0.5) is 0 Å². The molecule has 0 bridgehead atoms. The molecule has 1 aliphatic carbocycles. The van der Waals surface area contributed by atoms with E-state index >= 15 is 0 Å². The highest BCUT2D eigenvalue weighted by Crippen LogP contribution is 2.27. The molecule has 19 heavy (non-hydrogen) atoms. The molecule has 1 rings (SSSR count). The van der Waals surface area contributed by atoms with Gasteiger partial charge in [-0.05, 0) is 53.0 Å². The van der Waals surface area contributed by atoms with Crippen molar-refractivity contribution in [3.8, 4) is 6.07 Å². The van der Waals surface area contributed by atoms with Crippen molar-refractivity contribution in [3.63, 3.8) is 0 Å². The largest absolute Gasteiger partial charge is 0.383 e. The van der Waals surface area contributed by atoms with Crippen molar-refractivity contribution in [2.24, 2.45) is 0 Å². The number of rotatable bonds is 10. The van der Waals surface area contributed by atoms with E-state index in [0.717, 1.165) is 38.6 Å². The van der Waals surface area contributed by atoms with Crippen LogP contribution in [0.15, 0.2) is 0 Å². The Morgan fingerprint density at radius 3 is 2.58 bits per heavy atom. The minimum Gasteiger partial charge on any atom is -0.383 e. The molecule has 0 saturated heterocycles. The fourth-order valence-electron chi connectivity index (χ4n) is 2.56. The van der Waals surface area contributed by atoms with Crippen LogP contribution in [-0.2, 0) is 4.74 Å². The maximum absolute atomic E-state index is 9.32. The van der Waals surface area contributed by atoms with Crippen LogP contribution in [0.25, 0.3) is 0 Å². The Morgan fingerprint density at radius 2 is 2.11 bits per heavy atom. The molecule has 1 fully saturated rings. The van der Waals surface area contributed by atoms with Gasteiger partial charge in [0.15, 0.2) is 0 Å². The summed E-state index contributed by atoms with van der Waals surface area (Å²) in [5.41, 5.74) is -0.398. The van der Waals surface area contributed by atoms with E-state index in [2.05, 4.69) is 30.1 Å². The zero-order valence-electron chi connectivity index (χ0n) is 12.9.